The summed E-state index contributed by atoms with van der Waals surface area (Å²) in [5, 5.41) is 4.63. The van der Waals surface area contributed by atoms with Crippen molar-refractivity contribution in [2.75, 3.05) is 24.2 Å². The van der Waals surface area contributed by atoms with E-state index >= 15 is 0 Å². The van der Waals surface area contributed by atoms with Gasteiger partial charge in [-0.2, -0.15) is 5.10 Å². The molecule has 0 aliphatic rings. The van der Waals surface area contributed by atoms with E-state index in [2.05, 4.69) is 26.5 Å². The summed E-state index contributed by atoms with van der Waals surface area (Å²) < 4.78 is 37.8. The second kappa shape index (κ2) is 13.1. The molecule has 0 unspecified atom stereocenters. The highest BCUT2D eigenvalue weighted by Gasteiger charge is 2.21. The monoisotopic (exact) mass is 621 g/mol. The lowest BCUT2D eigenvalue weighted by Crippen LogP contribution is -2.39. The van der Waals surface area contributed by atoms with Gasteiger partial charge in [0.15, 0.2) is 11.5 Å². The summed E-state index contributed by atoms with van der Waals surface area (Å²) in [5.74, 6) is 0.690. The predicted molar refractivity (Wildman–Crippen MR) is 155 cm³/mol. The highest BCUT2D eigenvalue weighted by Crippen LogP contribution is 2.37. The molecule has 0 fully saturated rings. The van der Waals surface area contributed by atoms with Gasteiger partial charge in [-0.3, -0.25) is 9.10 Å². The standard InChI is InChI=1S/C27H29BrClN3O5S/c1-18(2)21-7-11-23(12-8-21)32(38(4,34)35)16-26(33)31-30-15-20-13-24(28)27(25(14-20)36-3)37-17-19-5-9-22(29)10-6-19/h5-15,18H,16-17H2,1-4H3,(H,31,33)/b30-15-. The third-order valence-electron chi connectivity index (χ3n) is 5.49. The summed E-state index contributed by atoms with van der Waals surface area (Å²) in [5.41, 5.74) is 5.42. The normalized spacial score (nSPS) is 11.6. The summed E-state index contributed by atoms with van der Waals surface area (Å²) >= 11 is 9.42. The topological polar surface area (TPSA) is 97.3 Å². The molecule has 0 saturated carbocycles. The van der Waals surface area contributed by atoms with Crippen molar-refractivity contribution in [3.05, 3.63) is 86.8 Å². The average molecular weight is 623 g/mol. The Hall–Kier alpha value is -3.08. The summed E-state index contributed by atoms with van der Waals surface area (Å²) in [6.07, 6.45) is 2.48. The predicted octanol–water partition coefficient (Wildman–Crippen LogP) is 5.73. The lowest BCUT2D eigenvalue weighted by Gasteiger charge is -2.21. The lowest BCUT2D eigenvalue weighted by molar-refractivity contribution is -0.119. The third kappa shape index (κ3) is 8.21. The van der Waals surface area contributed by atoms with E-state index < -0.39 is 22.5 Å². The number of nitrogens with one attached hydrogen (secondary N) is 1. The van der Waals surface area contributed by atoms with Gasteiger partial charge in [-0.25, -0.2) is 13.8 Å². The largest absolute Gasteiger partial charge is 0.493 e. The number of hydrazone groups is 1. The third-order valence-corrected chi connectivity index (χ3v) is 7.47. The van der Waals surface area contributed by atoms with Crippen LogP contribution in [0.2, 0.25) is 5.02 Å². The number of carbonyl (C=O) groups is 1. The minimum Gasteiger partial charge on any atom is -0.493 e. The molecular weight excluding hydrogens is 594 g/mol. The van der Waals surface area contributed by atoms with Crippen molar-refractivity contribution >= 4 is 55.4 Å². The number of sulfonamides is 1. The maximum Gasteiger partial charge on any atom is 0.260 e. The summed E-state index contributed by atoms with van der Waals surface area (Å²) in [6, 6.07) is 17.9. The average Bonchev–Trinajstić information content (AvgIpc) is 2.86. The molecule has 1 N–H and O–H groups in total. The Balaban J connectivity index is 1.67. The van der Waals surface area contributed by atoms with Crippen molar-refractivity contribution in [2.24, 2.45) is 5.10 Å². The van der Waals surface area contributed by atoms with Gasteiger partial charge in [0.25, 0.3) is 5.91 Å². The number of anilines is 1. The van der Waals surface area contributed by atoms with Crippen molar-refractivity contribution in [3.63, 3.8) is 0 Å². The van der Waals surface area contributed by atoms with Crippen LogP contribution >= 0.6 is 27.5 Å². The first-order valence-electron chi connectivity index (χ1n) is 11.6. The molecular formula is C27H29BrClN3O5S. The number of benzene rings is 3. The number of methoxy groups -OCH3 is 1. The molecule has 202 valence electrons. The Labute approximate surface area is 236 Å². The van der Waals surface area contributed by atoms with E-state index in [1.807, 2.05) is 38.1 Å². The number of ether oxygens (including phenoxy) is 2. The number of hydrogen-bond donors (Lipinski definition) is 1. The van der Waals surface area contributed by atoms with E-state index in [0.717, 1.165) is 21.7 Å². The van der Waals surface area contributed by atoms with E-state index in [1.165, 1.54) is 13.3 Å². The number of carbonyl (C=O) groups excluding carboxylic acids is 1. The van der Waals surface area contributed by atoms with Crippen molar-refractivity contribution in [1.29, 1.82) is 0 Å². The van der Waals surface area contributed by atoms with Crippen LogP contribution in [-0.2, 0) is 21.4 Å². The molecule has 0 aromatic heterocycles. The van der Waals surface area contributed by atoms with Crippen molar-refractivity contribution < 1.29 is 22.7 Å². The van der Waals surface area contributed by atoms with Crippen LogP contribution in [0, 0.1) is 0 Å². The van der Waals surface area contributed by atoms with Crippen molar-refractivity contribution in [1.82, 2.24) is 5.43 Å². The van der Waals surface area contributed by atoms with Crippen LogP contribution in [0.4, 0.5) is 5.69 Å². The minimum atomic E-state index is -3.69. The number of nitrogens with zero attached hydrogens (tertiary/aromatic N) is 2. The lowest BCUT2D eigenvalue weighted by atomic mass is 10.0. The molecule has 0 bridgehead atoms. The molecule has 3 aromatic carbocycles. The molecule has 0 atom stereocenters. The number of hydrogen-bond acceptors (Lipinski definition) is 6. The Morgan fingerprint density at radius 1 is 1.13 bits per heavy atom. The molecule has 0 aliphatic carbocycles. The van der Waals surface area contributed by atoms with Crippen LogP contribution in [0.3, 0.4) is 0 Å². The van der Waals surface area contributed by atoms with Crippen LogP contribution in [0.1, 0.15) is 36.5 Å². The molecule has 0 spiro atoms. The molecule has 11 heteroatoms. The van der Waals surface area contributed by atoms with Crippen LogP contribution in [-0.4, -0.2) is 40.4 Å². The van der Waals surface area contributed by atoms with Gasteiger partial charge in [0, 0.05) is 5.02 Å². The Bertz CT molecular complexity index is 1400. The number of rotatable bonds is 11. The smallest absolute Gasteiger partial charge is 0.260 e. The van der Waals surface area contributed by atoms with Crippen LogP contribution in [0.5, 0.6) is 11.5 Å². The fourth-order valence-electron chi connectivity index (χ4n) is 3.46. The first kappa shape index (κ1) is 29.5. The van der Waals surface area contributed by atoms with Gasteiger partial charge in [0.05, 0.1) is 29.7 Å². The van der Waals surface area contributed by atoms with Gasteiger partial charge in [-0.05, 0) is 74.9 Å². The Morgan fingerprint density at radius 3 is 2.37 bits per heavy atom. The van der Waals surface area contributed by atoms with E-state index in [1.54, 1.807) is 36.4 Å². The van der Waals surface area contributed by atoms with Gasteiger partial charge < -0.3 is 9.47 Å². The zero-order valence-corrected chi connectivity index (χ0v) is 24.6. The first-order chi connectivity index (χ1) is 18.0. The van der Waals surface area contributed by atoms with Gasteiger partial charge in [0.2, 0.25) is 10.0 Å². The van der Waals surface area contributed by atoms with E-state index in [9.17, 15) is 13.2 Å². The maximum absolute atomic E-state index is 12.5. The second-order valence-corrected chi connectivity index (χ2v) is 12.0. The first-order valence-corrected chi connectivity index (χ1v) is 14.6. The minimum absolute atomic E-state index is 0.302. The molecule has 0 aliphatic heterocycles. The Kier molecular flexibility index (Phi) is 10.2. The van der Waals surface area contributed by atoms with E-state index in [4.69, 9.17) is 21.1 Å². The summed E-state index contributed by atoms with van der Waals surface area (Å²) in [6.45, 7) is 3.99. The molecule has 3 rings (SSSR count). The molecule has 1 amide bonds. The fourth-order valence-corrected chi connectivity index (χ4v) is 5.02. The van der Waals surface area contributed by atoms with Crippen LogP contribution in [0.25, 0.3) is 0 Å². The van der Waals surface area contributed by atoms with Gasteiger partial charge in [0.1, 0.15) is 13.2 Å². The molecule has 8 nitrogen and oxygen atoms in total. The number of amides is 1. The Morgan fingerprint density at radius 2 is 1.79 bits per heavy atom. The SMILES string of the molecule is COc1cc(/C=N\NC(=O)CN(c2ccc(C(C)C)cc2)S(C)(=O)=O)cc(Br)c1OCc1ccc(Cl)cc1. The van der Waals surface area contributed by atoms with E-state index in [-0.39, 0.29) is 0 Å². The fraction of sp³-hybridized carbons (Fsp3) is 0.259. The zero-order chi connectivity index (χ0) is 27.9. The van der Waals surface area contributed by atoms with Gasteiger partial charge >= 0.3 is 0 Å². The molecule has 0 saturated heterocycles. The molecule has 0 radical (unpaired) electrons. The van der Waals surface area contributed by atoms with Crippen LogP contribution < -0.4 is 19.2 Å². The quantitative estimate of drug-likeness (QED) is 0.218. The van der Waals surface area contributed by atoms with Crippen molar-refractivity contribution in [3.8, 4) is 11.5 Å². The molecule has 0 heterocycles. The zero-order valence-electron chi connectivity index (χ0n) is 21.4. The molecule has 38 heavy (non-hydrogen) atoms. The summed E-state index contributed by atoms with van der Waals surface area (Å²) in [4.78, 5) is 12.5. The second-order valence-electron chi connectivity index (χ2n) is 8.76. The maximum atomic E-state index is 12.5. The number of halogens is 2. The van der Waals surface area contributed by atoms with Crippen LogP contribution in [0.15, 0.2) is 70.2 Å². The van der Waals surface area contributed by atoms with E-state index in [0.29, 0.717) is 44.8 Å². The highest BCUT2D eigenvalue weighted by molar-refractivity contribution is 9.10. The molecule has 3 aromatic rings. The highest BCUT2D eigenvalue weighted by atomic mass is 79.9. The summed E-state index contributed by atoms with van der Waals surface area (Å²) in [7, 11) is -2.17. The van der Waals surface area contributed by atoms with Gasteiger partial charge in [-0.1, -0.05) is 49.7 Å². The van der Waals surface area contributed by atoms with Crippen molar-refractivity contribution in [2.45, 2.75) is 26.4 Å². The van der Waals surface area contributed by atoms with Gasteiger partial charge in [-0.15, -0.1) is 0 Å².